The zero-order valence-electron chi connectivity index (χ0n) is 10.1. The second-order valence-electron chi connectivity index (χ2n) is 4.35. The maximum atomic E-state index is 10.1. The van der Waals surface area contributed by atoms with Gasteiger partial charge in [0.2, 0.25) is 0 Å². The molecule has 0 fully saturated rings. The van der Waals surface area contributed by atoms with Crippen molar-refractivity contribution < 1.29 is 5.11 Å². The lowest BCUT2D eigenvalue weighted by Crippen LogP contribution is -2.04. The molecular formula is C14H16N2O. The fourth-order valence-electron chi connectivity index (χ4n) is 2.00. The molecule has 2 aromatic rings. The van der Waals surface area contributed by atoms with E-state index in [4.69, 9.17) is 0 Å². The van der Waals surface area contributed by atoms with Crippen LogP contribution in [0.2, 0.25) is 0 Å². The van der Waals surface area contributed by atoms with Crippen molar-refractivity contribution in [2.75, 3.05) is 0 Å². The summed E-state index contributed by atoms with van der Waals surface area (Å²) in [6.45, 7) is 4.12. The molecule has 1 atom stereocenters. The van der Waals surface area contributed by atoms with E-state index in [1.807, 2.05) is 0 Å². The van der Waals surface area contributed by atoms with Gasteiger partial charge in [-0.05, 0) is 19.4 Å². The summed E-state index contributed by atoms with van der Waals surface area (Å²) in [6, 6.07) is 6.30. The Morgan fingerprint density at radius 1 is 1.12 bits per heavy atom. The van der Waals surface area contributed by atoms with Crippen molar-refractivity contribution in [3.63, 3.8) is 0 Å². The summed E-state index contributed by atoms with van der Waals surface area (Å²) in [6.07, 6.45) is 4.78. The van der Waals surface area contributed by atoms with E-state index in [0.29, 0.717) is 12.1 Å². The average Bonchev–Trinajstić information content (AvgIpc) is 2.28. The topological polar surface area (TPSA) is 46.0 Å². The lowest BCUT2D eigenvalue weighted by atomic mass is 10.0. The van der Waals surface area contributed by atoms with Crippen LogP contribution in [0.3, 0.4) is 0 Å². The van der Waals surface area contributed by atoms with Gasteiger partial charge in [-0.25, -0.2) is 0 Å². The molecule has 3 nitrogen and oxygen atoms in total. The van der Waals surface area contributed by atoms with Gasteiger partial charge < -0.3 is 5.11 Å². The van der Waals surface area contributed by atoms with Gasteiger partial charge in [-0.15, -0.1) is 0 Å². The number of benzene rings is 1. The van der Waals surface area contributed by atoms with E-state index < -0.39 is 6.10 Å². The van der Waals surface area contributed by atoms with Crippen molar-refractivity contribution in [1.82, 2.24) is 9.97 Å². The molecule has 0 aliphatic rings. The van der Waals surface area contributed by atoms with Crippen LogP contribution in [0.1, 0.15) is 28.5 Å². The quantitative estimate of drug-likeness (QED) is 0.877. The second kappa shape index (κ2) is 5.06. The summed E-state index contributed by atoms with van der Waals surface area (Å²) in [5.41, 5.74) is 4.17. The summed E-state index contributed by atoms with van der Waals surface area (Å²) in [5, 5.41) is 10.1. The van der Waals surface area contributed by atoms with E-state index >= 15 is 0 Å². The van der Waals surface area contributed by atoms with Crippen LogP contribution in [0.25, 0.3) is 0 Å². The van der Waals surface area contributed by atoms with Gasteiger partial charge in [0.15, 0.2) is 0 Å². The molecule has 1 aromatic carbocycles. The maximum Gasteiger partial charge on any atom is 0.102 e. The zero-order valence-corrected chi connectivity index (χ0v) is 10.1. The van der Waals surface area contributed by atoms with Gasteiger partial charge in [0.05, 0.1) is 11.9 Å². The van der Waals surface area contributed by atoms with E-state index in [1.165, 1.54) is 11.1 Å². The van der Waals surface area contributed by atoms with Crippen molar-refractivity contribution >= 4 is 0 Å². The maximum absolute atomic E-state index is 10.1. The standard InChI is InChI=1S/C14H16N2O/c1-10-5-11(2)7-12(6-10)8-14(17)13-9-15-3-4-16-13/h3-7,9,14,17H,8H2,1-2H3. The minimum absolute atomic E-state index is 0.571. The molecule has 0 saturated heterocycles. The van der Waals surface area contributed by atoms with Crippen molar-refractivity contribution in [3.8, 4) is 0 Å². The number of aromatic nitrogens is 2. The molecule has 0 radical (unpaired) electrons. The largest absolute Gasteiger partial charge is 0.386 e. The fraction of sp³-hybridized carbons (Fsp3) is 0.286. The van der Waals surface area contributed by atoms with Gasteiger partial charge in [-0.3, -0.25) is 9.97 Å². The molecule has 1 unspecified atom stereocenters. The van der Waals surface area contributed by atoms with E-state index in [9.17, 15) is 5.11 Å². The van der Waals surface area contributed by atoms with Gasteiger partial charge in [-0.1, -0.05) is 29.3 Å². The molecule has 2 rings (SSSR count). The van der Waals surface area contributed by atoms with Crippen LogP contribution in [0.4, 0.5) is 0 Å². The van der Waals surface area contributed by atoms with Crippen molar-refractivity contribution in [3.05, 3.63) is 59.2 Å². The minimum atomic E-state index is -0.593. The van der Waals surface area contributed by atoms with E-state index in [2.05, 4.69) is 42.0 Å². The summed E-state index contributed by atoms with van der Waals surface area (Å²) >= 11 is 0. The van der Waals surface area contributed by atoms with Gasteiger partial charge in [-0.2, -0.15) is 0 Å². The molecule has 88 valence electrons. The highest BCUT2D eigenvalue weighted by molar-refractivity contribution is 5.29. The van der Waals surface area contributed by atoms with Crippen LogP contribution in [0, 0.1) is 13.8 Å². The Kier molecular flexibility index (Phi) is 3.49. The van der Waals surface area contributed by atoms with Crippen molar-refractivity contribution in [1.29, 1.82) is 0 Å². The first-order valence-corrected chi connectivity index (χ1v) is 5.66. The first kappa shape index (κ1) is 11.7. The molecule has 17 heavy (non-hydrogen) atoms. The number of nitrogens with zero attached hydrogens (tertiary/aromatic N) is 2. The van der Waals surface area contributed by atoms with Gasteiger partial charge >= 0.3 is 0 Å². The third-order valence-corrected chi connectivity index (χ3v) is 2.64. The Bertz CT molecular complexity index is 477. The van der Waals surface area contributed by atoms with Crippen molar-refractivity contribution in [2.24, 2.45) is 0 Å². The summed E-state index contributed by atoms with van der Waals surface area (Å²) in [7, 11) is 0. The smallest absolute Gasteiger partial charge is 0.102 e. The molecule has 3 heteroatoms. The van der Waals surface area contributed by atoms with Crippen molar-refractivity contribution in [2.45, 2.75) is 26.4 Å². The molecule has 0 spiro atoms. The Morgan fingerprint density at radius 3 is 2.41 bits per heavy atom. The molecule has 1 heterocycles. The Morgan fingerprint density at radius 2 is 1.82 bits per heavy atom. The van der Waals surface area contributed by atoms with E-state index in [0.717, 1.165) is 5.56 Å². The molecule has 1 N–H and O–H groups in total. The Hall–Kier alpha value is -1.74. The number of aliphatic hydroxyl groups is 1. The highest BCUT2D eigenvalue weighted by atomic mass is 16.3. The average molecular weight is 228 g/mol. The number of aryl methyl sites for hydroxylation is 2. The normalized spacial score (nSPS) is 12.4. The molecule has 0 amide bonds. The first-order valence-electron chi connectivity index (χ1n) is 5.66. The third-order valence-electron chi connectivity index (χ3n) is 2.64. The van der Waals surface area contributed by atoms with Crippen LogP contribution >= 0.6 is 0 Å². The Balaban J connectivity index is 2.16. The number of hydrogen-bond donors (Lipinski definition) is 1. The van der Waals surface area contributed by atoms with Crippen LogP contribution in [-0.4, -0.2) is 15.1 Å². The van der Waals surface area contributed by atoms with Gasteiger partial charge in [0.1, 0.15) is 6.10 Å². The predicted octanol–water partition coefficient (Wildman–Crippen LogP) is 2.37. The van der Waals surface area contributed by atoms with Gasteiger partial charge in [0, 0.05) is 18.8 Å². The number of hydrogen-bond acceptors (Lipinski definition) is 3. The lowest BCUT2D eigenvalue weighted by Gasteiger charge is -2.10. The SMILES string of the molecule is Cc1cc(C)cc(CC(O)c2cnccn2)c1. The van der Waals surface area contributed by atoms with Crippen LogP contribution in [-0.2, 0) is 6.42 Å². The van der Waals surface area contributed by atoms with E-state index in [-0.39, 0.29) is 0 Å². The number of aliphatic hydroxyl groups excluding tert-OH is 1. The van der Waals surface area contributed by atoms with Crippen LogP contribution < -0.4 is 0 Å². The van der Waals surface area contributed by atoms with Gasteiger partial charge in [0.25, 0.3) is 0 Å². The number of rotatable bonds is 3. The minimum Gasteiger partial charge on any atom is -0.386 e. The first-order chi connectivity index (χ1) is 8.15. The highest BCUT2D eigenvalue weighted by Crippen LogP contribution is 2.17. The lowest BCUT2D eigenvalue weighted by molar-refractivity contribution is 0.173. The molecular weight excluding hydrogens is 212 g/mol. The third kappa shape index (κ3) is 3.11. The monoisotopic (exact) mass is 228 g/mol. The fourth-order valence-corrected chi connectivity index (χ4v) is 2.00. The molecule has 0 saturated carbocycles. The predicted molar refractivity (Wildman–Crippen MR) is 66.6 cm³/mol. The second-order valence-corrected chi connectivity index (χ2v) is 4.35. The molecule has 1 aromatic heterocycles. The van der Waals surface area contributed by atoms with Crippen LogP contribution in [0.15, 0.2) is 36.8 Å². The molecule has 0 bridgehead atoms. The molecule has 0 aliphatic carbocycles. The van der Waals surface area contributed by atoms with E-state index in [1.54, 1.807) is 18.6 Å². The summed E-state index contributed by atoms with van der Waals surface area (Å²) in [4.78, 5) is 8.07. The Labute approximate surface area is 101 Å². The zero-order chi connectivity index (χ0) is 12.3. The van der Waals surface area contributed by atoms with Crippen LogP contribution in [0.5, 0.6) is 0 Å². The molecule has 0 aliphatic heterocycles. The summed E-state index contributed by atoms with van der Waals surface area (Å²) in [5.74, 6) is 0. The summed E-state index contributed by atoms with van der Waals surface area (Å²) < 4.78 is 0. The highest BCUT2D eigenvalue weighted by Gasteiger charge is 2.10.